The Hall–Kier alpha value is -2.32. The van der Waals surface area contributed by atoms with Gasteiger partial charge >= 0.3 is 0 Å². The van der Waals surface area contributed by atoms with E-state index in [4.69, 9.17) is 4.74 Å². The number of hydrogen-bond donors (Lipinski definition) is 0. The summed E-state index contributed by atoms with van der Waals surface area (Å²) in [7, 11) is 5.07. The molecule has 0 N–H and O–H groups in total. The number of rotatable bonds is 6. The van der Waals surface area contributed by atoms with Gasteiger partial charge in [0.2, 0.25) is 5.91 Å². The van der Waals surface area contributed by atoms with E-state index >= 15 is 0 Å². The molecule has 136 valence electrons. The Labute approximate surface area is 159 Å². The zero-order chi connectivity index (χ0) is 18.7. The molecule has 1 aromatic carbocycles. The molecule has 3 rings (SSSR count). The zero-order valence-corrected chi connectivity index (χ0v) is 16.4. The lowest BCUT2D eigenvalue weighted by Crippen LogP contribution is -2.28. The number of thiophene rings is 1. The molecule has 0 unspecified atom stereocenters. The van der Waals surface area contributed by atoms with Crippen LogP contribution in [0.3, 0.4) is 0 Å². The lowest BCUT2D eigenvalue weighted by Gasteiger charge is -2.17. The average Bonchev–Trinajstić information content (AvgIpc) is 3.12. The molecule has 8 heteroatoms. The maximum Gasteiger partial charge on any atom is 0.262 e. The topological polar surface area (TPSA) is 64.4 Å². The fraction of sp³-hybridized carbons (Fsp3) is 0.278. The summed E-state index contributed by atoms with van der Waals surface area (Å²) in [5.41, 5.74) is 0.940. The van der Waals surface area contributed by atoms with E-state index in [0.29, 0.717) is 21.9 Å². The maximum atomic E-state index is 12.4. The largest absolute Gasteiger partial charge is 0.497 e. The molecule has 6 nitrogen and oxygen atoms in total. The summed E-state index contributed by atoms with van der Waals surface area (Å²) in [6.07, 6.45) is 0. The Morgan fingerprint density at radius 2 is 2.04 bits per heavy atom. The number of carbonyl (C=O) groups excluding carboxylic acids is 1. The summed E-state index contributed by atoms with van der Waals surface area (Å²) in [4.78, 5) is 31.6. The van der Waals surface area contributed by atoms with Crippen molar-refractivity contribution in [3.63, 3.8) is 0 Å². The van der Waals surface area contributed by atoms with Crippen molar-refractivity contribution >= 4 is 39.2 Å². The predicted molar refractivity (Wildman–Crippen MR) is 105 cm³/mol. The van der Waals surface area contributed by atoms with Gasteiger partial charge in [0.25, 0.3) is 5.56 Å². The number of aromatic nitrogens is 2. The van der Waals surface area contributed by atoms with Gasteiger partial charge in [-0.05, 0) is 29.1 Å². The van der Waals surface area contributed by atoms with Crippen molar-refractivity contribution in [2.24, 2.45) is 7.05 Å². The molecule has 1 amide bonds. The molecule has 2 heterocycles. The number of ether oxygens (including phenoxy) is 1. The summed E-state index contributed by atoms with van der Waals surface area (Å²) in [5, 5.41) is 3.02. The highest BCUT2D eigenvalue weighted by Crippen LogP contribution is 2.21. The Bertz CT molecular complexity index is 980. The minimum Gasteiger partial charge on any atom is -0.497 e. The van der Waals surface area contributed by atoms with E-state index in [1.54, 1.807) is 32.2 Å². The first kappa shape index (κ1) is 18.5. The van der Waals surface area contributed by atoms with E-state index in [0.717, 1.165) is 11.3 Å². The molecule has 0 aliphatic heterocycles. The van der Waals surface area contributed by atoms with Crippen molar-refractivity contribution in [1.29, 1.82) is 0 Å². The molecule has 0 bridgehead atoms. The van der Waals surface area contributed by atoms with Crippen LogP contribution in [0.25, 0.3) is 10.2 Å². The van der Waals surface area contributed by atoms with Crippen LogP contribution in [0.1, 0.15) is 5.56 Å². The first-order valence-electron chi connectivity index (χ1n) is 7.93. The molecule has 0 spiro atoms. The van der Waals surface area contributed by atoms with E-state index in [-0.39, 0.29) is 17.2 Å². The van der Waals surface area contributed by atoms with Crippen molar-refractivity contribution in [2.75, 3.05) is 19.9 Å². The van der Waals surface area contributed by atoms with Crippen LogP contribution in [0.5, 0.6) is 5.75 Å². The fourth-order valence-corrected chi connectivity index (χ4v) is 4.16. The van der Waals surface area contributed by atoms with Gasteiger partial charge in [0, 0.05) is 20.6 Å². The maximum absolute atomic E-state index is 12.4. The van der Waals surface area contributed by atoms with Crippen LogP contribution in [-0.2, 0) is 18.4 Å². The minimum absolute atomic E-state index is 0.0219. The normalized spacial score (nSPS) is 10.9. The van der Waals surface area contributed by atoms with Gasteiger partial charge in [-0.15, -0.1) is 11.3 Å². The minimum atomic E-state index is -0.0854. The highest BCUT2D eigenvalue weighted by Gasteiger charge is 2.14. The molecule has 0 saturated heterocycles. The molecule has 0 aliphatic carbocycles. The number of hydrogen-bond acceptors (Lipinski definition) is 6. The molecule has 0 radical (unpaired) electrons. The van der Waals surface area contributed by atoms with E-state index in [9.17, 15) is 9.59 Å². The monoisotopic (exact) mass is 389 g/mol. The SMILES string of the molecule is COc1ccc(CN(C)C(=O)CSc2nc3sccc3c(=O)n2C)cc1. The van der Waals surface area contributed by atoms with Gasteiger partial charge in [-0.25, -0.2) is 4.98 Å². The second-order valence-corrected chi connectivity index (χ2v) is 7.62. The second-order valence-electron chi connectivity index (χ2n) is 5.78. The lowest BCUT2D eigenvalue weighted by atomic mass is 10.2. The Morgan fingerprint density at radius 3 is 2.73 bits per heavy atom. The van der Waals surface area contributed by atoms with Crippen molar-refractivity contribution in [1.82, 2.24) is 14.5 Å². The van der Waals surface area contributed by atoms with Gasteiger partial charge in [0.15, 0.2) is 5.16 Å². The predicted octanol–water partition coefficient (Wildman–Crippen LogP) is 2.75. The number of thioether (sulfide) groups is 1. The van der Waals surface area contributed by atoms with Gasteiger partial charge in [-0.3, -0.25) is 14.2 Å². The van der Waals surface area contributed by atoms with Crippen LogP contribution >= 0.6 is 23.1 Å². The molecule has 3 aromatic rings. The van der Waals surface area contributed by atoms with Crippen LogP contribution in [-0.4, -0.2) is 40.3 Å². The molecule has 0 atom stereocenters. The summed E-state index contributed by atoms with van der Waals surface area (Å²) in [6, 6.07) is 9.39. The van der Waals surface area contributed by atoms with Gasteiger partial charge in [-0.2, -0.15) is 0 Å². The number of carbonyl (C=O) groups is 1. The standard InChI is InChI=1S/C18H19N3O3S2/c1-20(10-12-4-6-13(24-3)7-5-12)15(22)11-26-18-19-16-14(8-9-25-16)17(23)21(18)2/h4-9H,10-11H2,1-3H3. The molecular formula is C18H19N3O3S2. The number of fused-ring (bicyclic) bond motifs is 1. The van der Waals surface area contributed by atoms with Gasteiger partial charge in [-0.1, -0.05) is 23.9 Å². The quantitative estimate of drug-likeness (QED) is 0.479. The average molecular weight is 390 g/mol. The first-order chi connectivity index (χ1) is 12.5. The summed E-state index contributed by atoms with van der Waals surface area (Å²) in [6.45, 7) is 0.514. The summed E-state index contributed by atoms with van der Waals surface area (Å²) in [5.74, 6) is 0.990. The van der Waals surface area contributed by atoms with E-state index in [1.165, 1.54) is 27.7 Å². The summed E-state index contributed by atoms with van der Waals surface area (Å²) < 4.78 is 6.63. The molecule has 0 saturated carbocycles. The van der Waals surface area contributed by atoms with E-state index in [2.05, 4.69) is 4.98 Å². The number of amides is 1. The third-order valence-electron chi connectivity index (χ3n) is 3.99. The van der Waals surface area contributed by atoms with Crippen molar-refractivity contribution in [2.45, 2.75) is 11.7 Å². The number of nitrogens with zero attached hydrogens (tertiary/aromatic N) is 3. The Morgan fingerprint density at radius 1 is 1.31 bits per heavy atom. The summed E-state index contributed by atoms with van der Waals surface area (Å²) >= 11 is 2.71. The number of methoxy groups -OCH3 is 1. The lowest BCUT2D eigenvalue weighted by molar-refractivity contribution is -0.127. The zero-order valence-electron chi connectivity index (χ0n) is 14.8. The van der Waals surface area contributed by atoms with E-state index in [1.807, 2.05) is 29.6 Å². The van der Waals surface area contributed by atoms with Crippen LogP contribution in [0.2, 0.25) is 0 Å². The third-order valence-corrected chi connectivity index (χ3v) is 5.81. The number of benzene rings is 1. The van der Waals surface area contributed by atoms with Crippen molar-refractivity contribution < 1.29 is 9.53 Å². The van der Waals surface area contributed by atoms with Crippen LogP contribution < -0.4 is 10.3 Å². The smallest absolute Gasteiger partial charge is 0.262 e. The highest BCUT2D eigenvalue weighted by atomic mass is 32.2. The second kappa shape index (κ2) is 7.92. The molecule has 26 heavy (non-hydrogen) atoms. The van der Waals surface area contributed by atoms with Crippen LogP contribution in [0, 0.1) is 0 Å². The van der Waals surface area contributed by atoms with Crippen molar-refractivity contribution in [3.05, 3.63) is 51.6 Å². The molecule has 0 fully saturated rings. The fourth-order valence-electron chi connectivity index (χ4n) is 2.44. The Balaban J connectivity index is 1.64. The molecular weight excluding hydrogens is 370 g/mol. The first-order valence-corrected chi connectivity index (χ1v) is 9.80. The highest BCUT2D eigenvalue weighted by molar-refractivity contribution is 7.99. The van der Waals surface area contributed by atoms with E-state index < -0.39 is 0 Å². The third kappa shape index (κ3) is 3.91. The molecule has 0 aliphatic rings. The van der Waals surface area contributed by atoms with Crippen molar-refractivity contribution in [3.8, 4) is 5.75 Å². The Kier molecular flexibility index (Phi) is 5.63. The van der Waals surface area contributed by atoms with Crippen LogP contribution in [0.15, 0.2) is 45.7 Å². The van der Waals surface area contributed by atoms with Gasteiger partial charge < -0.3 is 9.64 Å². The van der Waals surface area contributed by atoms with Gasteiger partial charge in [0.05, 0.1) is 18.2 Å². The molecule has 2 aromatic heterocycles. The van der Waals surface area contributed by atoms with Crippen LogP contribution in [0.4, 0.5) is 0 Å². The van der Waals surface area contributed by atoms with Gasteiger partial charge in [0.1, 0.15) is 10.6 Å².